The van der Waals surface area contributed by atoms with E-state index in [1.165, 1.54) is 0 Å². The minimum atomic E-state index is 0.668. The number of nitrogens with two attached hydrogens (primary N) is 1. The minimum Gasteiger partial charge on any atom is -0.397 e. The number of hydrogen-bond acceptors (Lipinski definition) is 2. The zero-order chi connectivity index (χ0) is 12.0. The van der Waals surface area contributed by atoms with Crippen molar-refractivity contribution in [3.8, 4) is 0 Å². The molecule has 0 spiro atoms. The highest BCUT2D eigenvalue weighted by Gasteiger charge is 2.12. The second-order valence-corrected chi connectivity index (χ2v) is 4.46. The number of rotatable bonds is 1. The Morgan fingerprint density at radius 1 is 1.35 bits per heavy atom. The van der Waals surface area contributed by atoms with E-state index in [0.29, 0.717) is 10.7 Å². The molecule has 86 valence electrons. The van der Waals surface area contributed by atoms with Gasteiger partial charge in [-0.2, -0.15) is 0 Å². The smallest absolute Gasteiger partial charge is 0.0726 e. The quantitative estimate of drug-likeness (QED) is 0.668. The Bertz CT molecular complexity index is 715. The summed E-state index contributed by atoms with van der Waals surface area (Å²) in [6.07, 6.45) is 3.66. The first-order valence-corrected chi connectivity index (χ1v) is 5.91. The SMILES string of the molecule is CCn1c2cnccc2c2cc(Cl)cc(N)c21. The molecule has 17 heavy (non-hydrogen) atoms. The van der Waals surface area contributed by atoms with Crippen LogP contribution in [0.4, 0.5) is 5.69 Å². The van der Waals surface area contributed by atoms with Crippen LogP contribution >= 0.6 is 11.6 Å². The summed E-state index contributed by atoms with van der Waals surface area (Å²) in [6.45, 7) is 2.96. The summed E-state index contributed by atoms with van der Waals surface area (Å²) < 4.78 is 2.17. The number of pyridine rings is 1. The number of halogens is 1. The van der Waals surface area contributed by atoms with Crippen molar-refractivity contribution in [2.24, 2.45) is 0 Å². The molecule has 0 aliphatic rings. The molecule has 0 aliphatic heterocycles. The summed E-state index contributed by atoms with van der Waals surface area (Å²) in [5.74, 6) is 0. The third-order valence-electron chi connectivity index (χ3n) is 3.07. The molecule has 4 heteroatoms. The highest BCUT2D eigenvalue weighted by atomic mass is 35.5. The van der Waals surface area contributed by atoms with E-state index in [-0.39, 0.29) is 0 Å². The van der Waals surface area contributed by atoms with Gasteiger partial charge in [-0.25, -0.2) is 0 Å². The van der Waals surface area contributed by atoms with Crippen molar-refractivity contribution in [1.82, 2.24) is 9.55 Å². The van der Waals surface area contributed by atoms with Crippen LogP contribution < -0.4 is 5.73 Å². The van der Waals surface area contributed by atoms with E-state index in [9.17, 15) is 0 Å². The number of fused-ring (bicyclic) bond motifs is 3. The number of aromatic nitrogens is 2. The lowest BCUT2D eigenvalue weighted by Crippen LogP contribution is -1.97. The van der Waals surface area contributed by atoms with Crippen LogP contribution in [-0.2, 0) is 6.54 Å². The van der Waals surface area contributed by atoms with Crippen LogP contribution in [0.3, 0.4) is 0 Å². The number of benzene rings is 1. The molecular formula is C13H12ClN3. The van der Waals surface area contributed by atoms with E-state index in [1.807, 2.05) is 18.3 Å². The first-order valence-electron chi connectivity index (χ1n) is 5.53. The molecule has 0 atom stereocenters. The van der Waals surface area contributed by atoms with Crippen LogP contribution in [-0.4, -0.2) is 9.55 Å². The maximum atomic E-state index is 6.07. The fraction of sp³-hybridized carbons (Fsp3) is 0.154. The zero-order valence-electron chi connectivity index (χ0n) is 9.44. The monoisotopic (exact) mass is 245 g/mol. The van der Waals surface area contributed by atoms with E-state index >= 15 is 0 Å². The molecular weight excluding hydrogens is 234 g/mol. The van der Waals surface area contributed by atoms with Gasteiger partial charge in [0.05, 0.1) is 22.9 Å². The van der Waals surface area contributed by atoms with Crippen LogP contribution in [0.5, 0.6) is 0 Å². The molecule has 0 unspecified atom stereocenters. The van der Waals surface area contributed by atoms with Crippen molar-refractivity contribution in [2.45, 2.75) is 13.5 Å². The number of nitrogen functional groups attached to an aromatic ring is 1. The Labute approximate surface area is 104 Å². The second-order valence-electron chi connectivity index (χ2n) is 4.03. The molecule has 1 aromatic carbocycles. The molecule has 0 radical (unpaired) electrons. The molecule has 0 bridgehead atoms. The molecule has 2 aromatic heterocycles. The summed E-state index contributed by atoms with van der Waals surface area (Å²) in [7, 11) is 0. The van der Waals surface area contributed by atoms with E-state index in [0.717, 1.165) is 28.4 Å². The maximum absolute atomic E-state index is 6.07. The van der Waals surface area contributed by atoms with E-state index in [4.69, 9.17) is 17.3 Å². The number of aryl methyl sites for hydroxylation is 1. The largest absolute Gasteiger partial charge is 0.397 e. The summed E-state index contributed by atoms with van der Waals surface area (Å²) in [5, 5.41) is 2.90. The minimum absolute atomic E-state index is 0.668. The van der Waals surface area contributed by atoms with E-state index in [2.05, 4.69) is 16.5 Å². The maximum Gasteiger partial charge on any atom is 0.0726 e. The average Bonchev–Trinajstić information content (AvgIpc) is 2.63. The lowest BCUT2D eigenvalue weighted by atomic mass is 10.2. The Balaban J connectivity index is 2.63. The van der Waals surface area contributed by atoms with Gasteiger partial charge in [-0.1, -0.05) is 11.6 Å². The third kappa shape index (κ3) is 1.39. The van der Waals surface area contributed by atoms with E-state index in [1.54, 1.807) is 12.3 Å². The molecule has 0 amide bonds. The molecule has 2 N–H and O–H groups in total. The summed E-state index contributed by atoms with van der Waals surface area (Å²) in [4.78, 5) is 4.17. The second kappa shape index (κ2) is 3.64. The summed E-state index contributed by atoms with van der Waals surface area (Å²) in [5.41, 5.74) is 8.92. The zero-order valence-corrected chi connectivity index (χ0v) is 10.2. The predicted molar refractivity (Wildman–Crippen MR) is 72.3 cm³/mol. The number of anilines is 1. The third-order valence-corrected chi connectivity index (χ3v) is 3.29. The fourth-order valence-corrected chi connectivity index (χ4v) is 2.63. The first kappa shape index (κ1) is 10.4. The molecule has 0 aliphatic carbocycles. The van der Waals surface area contributed by atoms with Crippen LogP contribution in [0.25, 0.3) is 21.8 Å². The van der Waals surface area contributed by atoms with Crippen molar-refractivity contribution in [1.29, 1.82) is 0 Å². The van der Waals surface area contributed by atoms with Gasteiger partial charge in [0.15, 0.2) is 0 Å². The van der Waals surface area contributed by atoms with Gasteiger partial charge in [-0.3, -0.25) is 4.98 Å². The van der Waals surface area contributed by atoms with Gasteiger partial charge in [0.2, 0.25) is 0 Å². The van der Waals surface area contributed by atoms with Crippen molar-refractivity contribution < 1.29 is 0 Å². The Morgan fingerprint density at radius 2 is 2.18 bits per heavy atom. The van der Waals surface area contributed by atoms with Gasteiger partial charge in [0, 0.05) is 28.5 Å². The molecule has 2 heterocycles. The first-order chi connectivity index (χ1) is 8.22. The normalized spacial score (nSPS) is 11.4. The van der Waals surface area contributed by atoms with Gasteiger partial charge in [-0.15, -0.1) is 0 Å². The lowest BCUT2D eigenvalue weighted by Gasteiger charge is -2.05. The van der Waals surface area contributed by atoms with Gasteiger partial charge >= 0.3 is 0 Å². The Morgan fingerprint density at radius 3 is 2.94 bits per heavy atom. The molecule has 3 nitrogen and oxygen atoms in total. The predicted octanol–water partition coefficient (Wildman–Crippen LogP) is 3.45. The summed E-state index contributed by atoms with van der Waals surface area (Å²) in [6, 6.07) is 5.75. The highest BCUT2D eigenvalue weighted by Crippen LogP contribution is 2.34. The standard InChI is InChI=1S/C13H12ClN3/c1-2-17-12-7-16-4-3-9(12)10-5-8(14)6-11(15)13(10)17/h3-7H,2,15H2,1H3. The van der Waals surface area contributed by atoms with Gasteiger partial charge in [-0.05, 0) is 25.1 Å². The molecule has 0 saturated carbocycles. The lowest BCUT2D eigenvalue weighted by molar-refractivity contribution is 0.826. The number of nitrogens with zero attached hydrogens (tertiary/aromatic N) is 2. The Hall–Kier alpha value is -1.74. The highest BCUT2D eigenvalue weighted by molar-refractivity contribution is 6.32. The van der Waals surface area contributed by atoms with Crippen molar-refractivity contribution in [3.63, 3.8) is 0 Å². The van der Waals surface area contributed by atoms with Crippen LogP contribution in [0, 0.1) is 0 Å². The molecule has 0 saturated heterocycles. The van der Waals surface area contributed by atoms with Gasteiger partial charge in [0.1, 0.15) is 0 Å². The average molecular weight is 246 g/mol. The Kier molecular flexibility index (Phi) is 2.23. The topological polar surface area (TPSA) is 43.8 Å². The molecule has 3 rings (SSSR count). The fourth-order valence-electron chi connectivity index (χ4n) is 2.40. The number of hydrogen-bond donors (Lipinski definition) is 1. The van der Waals surface area contributed by atoms with Crippen molar-refractivity contribution >= 4 is 39.1 Å². The van der Waals surface area contributed by atoms with Crippen molar-refractivity contribution in [3.05, 3.63) is 35.6 Å². The van der Waals surface area contributed by atoms with Crippen LogP contribution in [0.15, 0.2) is 30.6 Å². The van der Waals surface area contributed by atoms with Gasteiger partial charge < -0.3 is 10.3 Å². The van der Waals surface area contributed by atoms with E-state index < -0.39 is 0 Å². The molecule has 0 fully saturated rings. The van der Waals surface area contributed by atoms with Crippen LogP contribution in [0.1, 0.15) is 6.92 Å². The molecule has 3 aromatic rings. The van der Waals surface area contributed by atoms with Crippen molar-refractivity contribution in [2.75, 3.05) is 5.73 Å². The van der Waals surface area contributed by atoms with Gasteiger partial charge in [0.25, 0.3) is 0 Å². The van der Waals surface area contributed by atoms with Crippen LogP contribution in [0.2, 0.25) is 5.02 Å². The summed E-state index contributed by atoms with van der Waals surface area (Å²) >= 11 is 6.07.